The van der Waals surface area contributed by atoms with Crippen LogP contribution in [0.5, 0.6) is 0 Å². The number of hydrogen-bond acceptors (Lipinski definition) is 3. The lowest BCUT2D eigenvalue weighted by Crippen LogP contribution is -2.32. The number of alkyl halides is 4. The Balaban J connectivity index is 2.43. The minimum absolute atomic E-state index is 0.0220. The van der Waals surface area contributed by atoms with Crippen LogP contribution in [0.2, 0.25) is 0 Å². The first-order valence-electron chi connectivity index (χ1n) is 5.31. The molecule has 0 saturated carbocycles. The fourth-order valence-corrected chi connectivity index (χ4v) is 1.17. The summed E-state index contributed by atoms with van der Waals surface area (Å²) in [6, 6.07) is 0.0220. The standard InChI is InChI=1S/C10H15F4N3O/c1-6(15-2)7-3-16-8(17-7)4-18-5-10(13,14)9(11)12/h3,6,9,15H,4-5H2,1-2H3,(H,16,17). The van der Waals surface area contributed by atoms with Crippen LogP contribution in [-0.4, -0.2) is 36.0 Å². The van der Waals surface area contributed by atoms with Gasteiger partial charge in [-0.2, -0.15) is 8.78 Å². The Morgan fingerprint density at radius 1 is 1.50 bits per heavy atom. The quantitative estimate of drug-likeness (QED) is 0.745. The lowest BCUT2D eigenvalue weighted by atomic mass is 10.3. The van der Waals surface area contributed by atoms with Crippen LogP contribution >= 0.6 is 0 Å². The van der Waals surface area contributed by atoms with Gasteiger partial charge in [0.25, 0.3) is 0 Å². The Morgan fingerprint density at radius 2 is 2.17 bits per heavy atom. The van der Waals surface area contributed by atoms with Gasteiger partial charge in [0.15, 0.2) is 0 Å². The molecule has 1 aromatic rings. The fraction of sp³-hybridized carbons (Fsp3) is 0.700. The highest BCUT2D eigenvalue weighted by molar-refractivity contribution is 5.05. The van der Waals surface area contributed by atoms with Crippen LogP contribution in [-0.2, 0) is 11.3 Å². The van der Waals surface area contributed by atoms with Crippen molar-refractivity contribution >= 4 is 0 Å². The van der Waals surface area contributed by atoms with Crippen LogP contribution in [0, 0.1) is 0 Å². The predicted molar refractivity (Wildman–Crippen MR) is 56.7 cm³/mol. The van der Waals surface area contributed by atoms with E-state index in [1.165, 1.54) is 6.20 Å². The second kappa shape index (κ2) is 6.14. The molecule has 18 heavy (non-hydrogen) atoms. The monoisotopic (exact) mass is 269 g/mol. The number of rotatable bonds is 7. The smallest absolute Gasteiger partial charge is 0.330 e. The van der Waals surface area contributed by atoms with E-state index in [1.54, 1.807) is 7.05 Å². The van der Waals surface area contributed by atoms with Crippen molar-refractivity contribution < 1.29 is 22.3 Å². The van der Waals surface area contributed by atoms with Gasteiger partial charge in [0.2, 0.25) is 0 Å². The number of H-pyrrole nitrogens is 1. The van der Waals surface area contributed by atoms with E-state index in [1.807, 2.05) is 6.92 Å². The summed E-state index contributed by atoms with van der Waals surface area (Å²) in [7, 11) is 1.75. The van der Waals surface area contributed by atoms with Crippen LogP contribution in [0.15, 0.2) is 6.20 Å². The second-order valence-electron chi connectivity index (χ2n) is 3.85. The van der Waals surface area contributed by atoms with Crippen LogP contribution in [0.4, 0.5) is 17.6 Å². The molecule has 0 aromatic carbocycles. The van der Waals surface area contributed by atoms with Gasteiger partial charge in [-0.25, -0.2) is 13.8 Å². The molecular formula is C10H15F4N3O. The van der Waals surface area contributed by atoms with Crippen molar-refractivity contribution in [3.8, 4) is 0 Å². The van der Waals surface area contributed by atoms with Gasteiger partial charge in [-0.15, -0.1) is 0 Å². The highest BCUT2D eigenvalue weighted by Crippen LogP contribution is 2.23. The van der Waals surface area contributed by atoms with Gasteiger partial charge in [0.1, 0.15) is 19.0 Å². The fourth-order valence-electron chi connectivity index (χ4n) is 1.17. The summed E-state index contributed by atoms with van der Waals surface area (Å²) < 4.78 is 53.2. The third-order valence-corrected chi connectivity index (χ3v) is 2.40. The summed E-state index contributed by atoms with van der Waals surface area (Å²) in [5.41, 5.74) is 0.761. The molecule has 0 fully saturated rings. The van der Waals surface area contributed by atoms with E-state index >= 15 is 0 Å². The first kappa shape index (κ1) is 14.9. The van der Waals surface area contributed by atoms with E-state index in [-0.39, 0.29) is 12.6 Å². The minimum atomic E-state index is -4.13. The van der Waals surface area contributed by atoms with Crippen LogP contribution < -0.4 is 5.32 Å². The zero-order chi connectivity index (χ0) is 13.8. The van der Waals surface area contributed by atoms with E-state index in [0.717, 1.165) is 5.69 Å². The maximum atomic E-state index is 12.5. The molecule has 0 radical (unpaired) electrons. The lowest BCUT2D eigenvalue weighted by molar-refractivity contribution is -0.168. The third kappa shape index (κ3) is 3.95. The first-order valence-corrected chi connectivity index (χ1v) is 5.31. The zero-order valence-corrected chi connectivity index (χ0v) is 10.0. The van der Waals surface area contributed by atoms with Crippen molar-refractivity contribution in [3.05, 3.63) is 17.7 Å². The van der Waals surface area contributed by atoms with E-state index in [9.17, 15) is 17.6 Å². The normalized spacial score (nSPS) is 14.2. The summed E-state index contributed by atoms with van der Waals surface area (Å²) in [5.74, 6) is -3.81. The molecule has 0 aliphatic heterocycles. The molecule has 0 saturated heterocycles. The molecule has 104 valence electrons. The highest BCUT2D eigenvalue weighted by Gasteiger charge is 2.40. The number of ether oxygens (including phenoxy) is 1. The number of hydrogen-bond donors (Lipinski definition) is 2. The van der Waals surface area contributed by atoms with Crippen molar-refractivity contribution in [2.75, 3.05) is 13.7 Å². The maximum Gasteiger partial charge on any atom is 0.330 e. The van der Waals surface area contributed by atoms with Crippen molar-refractivity contribution in [2.24, 2.45) is 0 Å². The second-order valence-corrected chi connectivity index (χ2v) is 3.85. The molecule has 0 aliphatic rings. The Morgan fingerprint density at radius 3 is 2.72 bits per heavy atom. The topological polar surface area (TPSA) is 49.9 Å². The molecule has 0 aliphatic carbocycles. The Labute approximate surface area is 102 Å². The van der Waals surface area contributed by atoms with E-state index in [4.69, 9.17) is 0 Å². The summed E-state index contributed by atoms with van der Waals surface area (Å²) in [5, 5.41) is 2.96. The predicted octanol–water partition coefficient (Wildman–Crippen LogP) is 2.11. The number of nitrogens with one attached hydrogen (secondary N) is 2. The van der Waals surface area contributed by atoms with Gasteiger partial charge in [-0.05, 0) is 14.0 Å². The zero-order valence-electron chi connectivity index (χ0n) is 10.0. The van der Waals surface area contributed by atoms with E-state index < -0.39 is 19.0 Å². The van der Waals surface area contributed by atoms with Crippen molar-refractivity contribution in [3.63, 3.8) is 0 Å². The average Bonchev–Trinajstić information content (AvgIpc) is 2.76. The number of imidazole rings is 1. The molecule has 2 N–H and O–H groups in total. The highest BCUT2D eigenvalue weighted by atomic mass is 19.3. The molecule has 1 heterocycles. The first-order chi connectivity index (χ1) is 8.36. The molecule has 1 unspecified atom stereocenters. The van der Waals surface area contributed by atoms with Crippen LogP contribution in [0.25, 0.3) is 0 Å². The molecule has 1 rings (SSSR count). The van der Waals surface area contributed by atoms with Gasteiger partial charge in [0, 0.05) is 12.2 Å². The molecule has 0 amide bonds. The molecule has 0 spiro atoms. The maximum absolute atomic E-state index is 12.5. The van der Waals surface area contributed by atoms with Crippen molar-refractivity contribution in [1.29, 1.82) is 0 Å². The molecule has 0 bridgehead atoms. The van der Waals surface area contributed by atoms with Gasteiger partial charge in [-0.3, -0.25) is 0 Å². The van der Waals surface area contributed by atoms with Gasteiger partial charge in [-0.1, -0.05) is 0 Å². The Hall–Kier alpha value is -1.15. The van der Waals surface area contributed by atoms with E-state index in [2.05, 4.69) is 20.0 Å². The third-order valence-electron chi connectivity index (χ3n) is 2.40. The van der Waals surface area contributed by atoms with Crippen LogP contribution in [0.1, 0.15) is 24.5 Å². The van der Waals surface area contributed by atoms with Crippen molar-refractivity contribution in [1.82, 2.24) is 15.3 Å². The summed E-state index contributed by atoms with van der Waals surface area (Å²) in [4.78, 5) is 6.75. The Bertz CT molecular complexity index is 370. The van der Waals surface area contributed by atoms with Crippen LogP contribution in [0.3, 0.4) is 0 Å². The summed E-state index contributed by atoms with van der Waals surface area (Å²) in [6.07, 6.45) is -2.19. The number of halogens is 4. The molecule has 1 aromatic heterocycles. The SMILES string of the molecule is CNC(C)c1cnc(COCC(F)(F)C(F)F)[nH]1. The largest absolute Gasteiger partial charge is 0.367 e. The number of nitrogens with zero attached hydrogens (tertiary/aromatic N) is 1. The minimum Gasteiger partial charge on any atom is -0.367 e. The van der Waals surface area contributed by atoms with Gasteiger partial charge >= 0.3 is 12.3 Å². The molecule has 4 nitrogen and oxygen atoms in total. The summed E-state index contributed by atoms with van der Waals surface area (Å²) in [6.45, 7) is 0.282. The molecule has 8 heteroatoms. The Kier molecular flexibility index (Phi) is 5.09. The molecule has 1 atom stereocenters. The molecular weight excluding hydrogens is 254 g/mol. The lowest BCUT2D eigenvalue weighted by Gasteiger charge is -2.14. The number of aromatic nitrogens is 2. The summed E-state index contributed by atoms with van der Waals surface area (Å²) >= 11 is 0. The van der Waals surface area contributed by atoms with Gasteiger partial charge < -0.3 is 15.0 Å². The van der Waals surface area contributed by atoms with Gasteiger partial charge in [0.05, 0.1) is 5.69 Å². The average molecular weight is 269 g/mol. The van der Waals surface area contributed by atoms with E-state index in [0.29, 0.717) is 5.82 Å². The number of aromatic amines is 1. The van der Waals surface area contributed by atoms with Crippen molar-refractivity contribution in [2.45, 2.75) is 31.9 Å².